The highest BCUT2D eigenvalue weighted by molar-refractivity contribution is 5.77. The predicted octanol–water partition coefficient (Wildman–Crippen LogP) is 0.680. The zero-order valence-corrected chi connectivity index (χ0v) is 12.2. The third-order valence-corrected chi connectivity index (χ3v) is 2.97. The Morgan fingerprint density at radius 2 is 2.05 bits per heavy atom. The molecule has 5 nitrogen and oxygen atoms in total. The van der Waals surface area contributed by atoms with Crippen molar-refractivity contribution in [2.75, 3.05) is 26.8 Å². The second-order valence-corrected chi connectivity index (χ2v) is 5.11. The second kappa shape index (κ2) is 8.68. The van der Waals surface area contributed by atoms with E-state index in [1.54, 1.807) is 14.0 Å². The summed E-state index contributed by atoms with van der Waals surface area (Å²) in [5.41, 5.74) is 0.198. The number of rotatable bonds is 9. The van der Waals surface area contributed by atoms with Gasteiger partial charge >= 0.3 is 0 Å². The number of amides is 1. The summed E-state index contributed by atoms with van der Waals surface area (Å²) in [5.74, 6) is -0.0867. The first kappa shape index (κ1) is 16.6. The van der Waals surface area contributed by atoms with Gasteiger partial charge in [-0.2, -0.15) is 0 Å². The number of carbonyl (C=O) groups is 1. The van der Waals surface area contributed by atoms with Gasteiger partial charge in [0, 0.05) is 33.2 Å². The molecule has 1 aromatic carbocycles. The third kappa shape index (κ3) is 7.23. The average molecular weight is 280 g/mol. The number of hydrogen-bond acceptors (Lipinski definition) is 4. The molecule has 0 bridgehead atoms. The summed E-state index contributed by atoms with van der Waals surface area (Å²) in [5, 5.41) is 15.8. The lowest BCUT2D eigenvalue weighted by Gasteiger charge is -2.23. The summed E-state index contributed by atoms with van der Waals surface area (Å²) in [6.45, 7) is 3.28. The number of hydrogen-bond donors (Lipinski definition) is 3. The van der Waals surface area contributed by atoms with Crippen molar-refractivity contribution >= 4 is 5.91 Å². The molecule has 0 radical (unpaired) electrons. The van der Waals surface area contributed by atoms with Crippen LogP contribution in [0.1, 0.15) is 18.9 Å². The Morgan fingerprint density at radius 3 is 2.70 bits per heavy atom. The summed E-state index contributed by atoms with van der Waals surface area (Å²) in [6, 6.07) is 9.74. The molecule has 20 heavy (non-hydrogen) atoms. The standard InChI is InChI=1S/C15H24N2O3/c1-15(19,8-9-20-2)12-16-11-14(18)17-10-13-6-4-3-5-7-13/h3-7,16,19H,8-12H2,1-2H3,(H,17,18). The molecule has 1 unspecified atom stereocenters. The van der Waals surface area contributed by atoms with Crippen LogP contribution in [0, 0.1) is 0 Å². The van der Waals surface area contributed by atoms with E-state index in [9.17, 15) is 9.90 Å². The first-order valence-corrected chi connectivity index (χ1v) is 6.76. The molecule has 1 aromatic rings. The van der Waals surface area contributed by atoms with Gasteiger partial charge in [0.25, 0.3) is 0 Å². The molecule has 3 N–H and O–H groups in total. The Balaban J connectivity index is 2.17. The molecule has 0 saturated heterocycles. The largest absolute Gasteiger partial charge is 0.389 e. The van der Waals surface area contributed by atoms with E-state index in [0.717, 1.165) is 5.56 Å². The number of ether oxygens (including phenoxy) is 1. The Labute approximate surface area is 120 Å². The van der Waals surface area contributed by atoms with Crippen LogP contribution in [0.4, 0.5) is 0 Å². The molecular weight excluding hydrogens is 256 g/mol. The minimum absolute atomic E-state index is 0.0867. The van der Waals surface area contributed by atoms with Crippen LogP contribution in [0.2, 0.25) is 0 Å². The van der Waals surface area contributed by atoms with Gasteiger partial charge in [0.2, 0.25) is 5.91 Å². The van der Waals surface area contributed by atoms with E-state index >= 15 is 0 Å². The smallest absolute Gasteiger partial charge is 0.234 e. The molecule has 0 fully saturated rings. The lowest BCUT2D eigenvalue weighted by molar-refractivity contribution is -0.120. The minimum atomic E-state index is -0.865. The quantitative estimate of drug-likeness (QED) is 0.622. The molecule has 0 aliphatic carbocycles. The van der Waals surface area contributed by atoms with E-state index in [1.165, 1.54) is 0 Å². The van der Waals surface area contributed by atoms with Crippen molar-refractivity contribution in [2.24, 2.45) is 0 Å². The molecule has 1 atom stereocenters. The number of nitrogens with one attached hydrogen (secondary N) is 2. The van der Waals surface area contributed by atoms with Crippen molar-refractivity contribution < 1.29 is 14.6 Å². The molecule has 1 amide bonds. The molecule has 0 aliphatic rings. The van der Waals surface area contributed by atoms with Gasteiger partial charge in [-0.3, -0.25) is 4.79 Å². The van der Waals surface area contributed by atoms with E-state index < -0.39 is 5.60 Å². The molecular formula is C15H24N2O3. The predicted molar refractivity (Wildman–Crippen MR) is 78.3 cm³/mol. The highest BCUT2D eigenvalue weighted by Crippen LogP contribution is 2.07. The van der Waals surface area contributed by atoms with Crippen molar-refractivity contribution in [3.05, 3.63) is 35.9 Å². The Hall–Kier alpha value is -1.43. The van der Waals surface area contributed by atoms with Crippen LogP contribution >= 0.6 is 0 Å². The van der Waals surface area contributed by atoms with Gasteiger partial charge < -0.3 is 20.5 Å². The van der Waals surface area contributed by atoms with Crippen molar-refractivity contribution in [1.82, 2.24) is 10.6 Å². The van der Waals surface area contributed by atoms with E-state index in [2.05, 4.69) is 10.6 Å². The van der Waals surface area contributed by atoms with Gasteiger partial charge in [-0.05, 0) is 12.5 Å². The summed E-state index contributed by atoms with van der Waals surface area (Å²) in [6.07, 6.45) is 0.530. The lowest BCUT2D eigenvalue weighted by atomic mass is 10.0. The van der Waals surface area contributed by atoms with Gasteiger partial charge in [0.1, 0.15) is 0 Å². The van der Waals surface area contributed by atoms with E-state index in [1.807, 2.05) is 30.3 Å². The van der Waals surface area contributed by atoms with Gasteiger partial charge in [0.05, 0.1) is 12.1 Å². The number of aliphatic hydroxyl groups is 1. The van der Waals surface area contributed by atoms with Crippen LogP contribution in [0.5, 0.6) is 0 Å². The number of carbonyl (C=O) groups excluding carboxylic acids is 1. The van der Waals surface area contributed by atoms with Crippen LogP contribution in [0.3, 0.4) is 0 Å². The molecule has 1 rings (SSSR count). The number of methoxy groups -OCH3 is 1. The van der Waals surface area contributed by atoms with Gasteiger partial charge in [-0.1, -0.05) is 30.3 Å². The molecule has 0 spiro atoms. The lowest BCUT2D eigenvalue weighted by Crippen LogP contribution is -2.42. The highest BCUT2D eigenvalue weighted by atomic mass is 16.5. The van der Waals surface area contributed by atoms with Crippen molar-refractivity contribution in [3.8, 4) is 0 Å². The van der Waals surface area contributed by atoms with Crippen LogP contribution in [0.15, 0.2) is 30.3 Å². The molecule has 112 valence electrons. The van der Waals surface area contributed by atoms with Crippen molar-refractivity contribution in [2.45, 2.75) is 25.5 Å². The van der Waals surface area contributed by atoms with Crippen molar-refractivity contribution in [3.63, 3.8) is 0 Å². The number of benzene rings is 1. The topological polar surface area (TPSA) is 70.6 Å². The fourth-order valence-corrected chi connectivity index (χ4v) is 1.71. The zero-order valence-electron chi connectivity index (χ0n) is 12.2. The van der Waals surface area contributed by atoms with Crippen molar-refractivity contribution in [1.29, 1.82) is 0 Å². The Bertz CT molecular complexity index is 393. The maximum atomic E-state index is 11.6. The first-order valence-electron chi connectivity index (χ1n) is 6.76. The van der Waals surface area contributed by atoms with Gasteiger partial charge in [0.15, 0.2) is 0 Å². The normalized spacial score (nSPS) is 13.8. The average Bonchev–Trinajstić information content (AvgIpc) is 2.44. The monoisotopic (exact) mass is 280 g/mol. The molecule has 0 aliphatic heterocycles. The molecule has 0 saturated carbocycles. The maximum absolute atomic E-state index is 11.6. The first-order chi connectivity index (χ1) is 9.53. The second-order valence-electron chi connectivity index (χ2n) is 5.11. The fraction of sp³-hybridized carbons (Fsp3) is 0.533. The van der Waals surface area contributed by atoms with Crippen LogP contribution in [0.25, 0.3) is 0 Å². The summed E-state index contributed by atoms with van der Waals surface area (Å²) in [4.78, 5) is 11.6. The molecule has 5 heteroatoms. The fourth-order valence-electron chi connectivity index (χ4n) is 1.71. The zero-order chi connectivity index (χ0) is 14.8. The Morgan fingerprint density at radius 1 is 1.35 bits per heavy atom. The van der Waals surface area contributed by atoms with Gasteiger partial charge in [-0.25, -0.2) is 0 Å². The van der Waals surface area contributed by atoms with Gasteiger partial charge in [-0.15, -0.1) is 0 Å². The third-order valence-electron chi connectivity index (χ3n) is 2.97. The van der Waals surface area contributed by atoms with E-state index in [-0.39, 0.29) is 12.5 Å². The van der Waals surface area contributed by atoms with Crippen LogP contribution < -0.4 is 10.6 Å². The molecule has 0 aromatic heterocycles. The summed E-state index contributed by atoms with van der Waals surface area (Å²) >= 11 is 0. The maximum Gasteiger partial charge on any atom is 0.234 e. The SMILES string of the molecule is COCCC(C)(O)CNCC(=O)NCc1ccccc1. The minimum Gasteiger partial charge on any atom is -0.389 e. The van der Waals surface area contributed by atoms with E-state index in [0.29, 0.717) is 26.1 Å². The highest BCUT2D eigenvalue weighted by Gasteiger charge is 2.19. The Kier molecular flexibility index (Phi) is 7.22. The summed E-state index contributed by atoms with van der Waals surface area (Å²) < 4.78 is 4.93. The van der Waals surface area contributed by atoms with Crippen LogP contribution in [-0.2, 0) is 16.1 Å². The van der Waals surface area contributed by atoms with Crippen LogP contribution in [-0.4, -0.2) is 43.4 Å². The molecule has 0 heterocycles. The van der Waals surface area contributed by atoms with E-state index in [4.69, 9.17) is 4.74 Å². The summed E-state index contributed by atoms with van der Waals surface area (Å²) in [7, 11) is 1.60.